The minimum absolute atomic E-state index is 0.0192. The van der Waals surface area contributed by atoms with Gasteiger partial charge >= 0.3 is 5.97 Å². The summed E-state index contributed by atoms with van der Waals surface area (Å²) in [5, 5.41) is 18.4. The van der Waals surface area contributed by atoms with E-state index in [1.54, 1.807) is 54.6 Å². The number of amides is 1. The van der Waals surface area contributed by atoms with Crippen molar-refractivity contribution in [2.45, 2.75) is 18.2 Å². The maximum Gasteiger partial charge on any atom is 0.363 e. The van der Waals surface area contributed by atoms with Gasteiger partial charge in [0.15, 0.2) is 0 Å². The van der Waals surface area contributed by atoms with Crippen LogP contribution in [0.2, 0.25) is 0 Å². The Balaban J connectivity index is 1.62. The van der Waals surface area contributed by atoms with Crippen molar-refractivity contribution in [1.82, 2.24) is 5.01 Å². The number of para-hydroxylation sites is 1. The summed E-state index contributed by atoms with van der Waals surface area (Å²) in [6.07, 6.45) is -0.0219. The van der Waals surface area contributed by atoms with Crippen molar-refractivity contribution in [3.63, 3.8) is 0 Å². The first-order valence-corrected chi connectivity index (χ1v) is 12.8. The quantitative estimate of drug-likeness (QED) is 0.315. The predicted octanol–water partition coefficient (Wildman–Crippen LogP) is 4.95. The number of fused-ring (bicyclic) bond motifs is 2. The van der Waals surface area contributed by atoms with E-state index in [2.05, 4.69) is 5.10 Å². The molecule has 2 atom stereocenters. The highest BCUT2D eigenvalue weighted by Crippen LogP contribution is 2.58. The number of hydrogen-bond acceptors (Lipinski definition) is 8. The van der Waals surface area contributed by atoms with Gasteiger partial charge in [0.1, 0.15) is 21.5 Å². The third kappa shape index (κ3) is 4.83. The lowest BCUT2D eigenvalue weighted by molar-refractivity contribution is -0.482. The Morgan fingerprint density at radius 2 is 1.85 bits per heavy atom. The van der Waals surface area contributed by atoms with E-state index in [4.69, 9.17) is 4.84 Å². The van der Waals surface area contributed by atoms with E-state index in [9.17, 15) is 28.5 Å². The molecule has 2 unspecified atom stereocenters. The molecule has 0 saturated carbocycles. The summed E-state index contributed by atoms with van der Waals surface area (Å²) >= 11 is 1.02. The van der Waals surface area contributed by atoms with E-state index in [-0.39, 0.29) is 23.6 Å². The Morgan fingerprint density at radius 1 is 1.13 bits per heavy atom. The first kappa shape index (κ1) is 26.3. The van der Waals surface area contributed by atoms with E-state index in [1.165, 1.54) is 17.0 Å². The van der Waals surface area contributed by atoms with Crippen molar-refractivity contribution in [2.24, 2.45) is 11.0 Å². The Labute approximate surface area is 226 Å². The highest BCUT2D eigenvalue weighted by molar-refractivity contribution is 8.15. The van der Waals surface area contributed by atoms with Crippen molar-refractivity contribution >= 4 is 34.4 Å². The van der Waals surface area contributed by atoms with Crippen LogP contribution in [0.3, 0.4) is 0 Å². The molecule has 0 aromatic heterocycles. The summed E-state index contributed by atoms with van der Waals surface area (Å²) < 4.78 is 28.9. The molecule has 2 heterocycles. The SMILES string of the molecule is CC(=O)N1N=C(c2cc(F)ccc2F)SC12c1ccccc1N(OC(=O)c1ccccc1)CC2CC[N+](=O)[O-]. The van der Waals surface area contributed by atoms with E-state index in [0.29, 0.717) is 16.8 Å². The maximum atomic E-state index is 14.8. The molecule has 9 nitrogen and oxygen atoms in total. The molecule has 5 rings (SSSR count). The number of carbonyl (C=O) groups excluding carboxylic acids is 2. The number of rotatable bonds is 6. The molecule has 1 spiro atoms. The van der Waals surface area contributed by atoms with Crippen LogP contribution in [-0.2, 0) is 14.5 Å². The fourth-order valence-corrected chi connectivity index (χ4v) is 6.45. The number of hydrazone groups is 1. The van der Waals surface area contributed by atoms with Crippen LogP contribution in [0.25, 0.3) is 0 Å². The number of halogens is 2. The van der Waals surface area contributed by atoms with Crippen LogP contribution in [0.5, 0.6) is 0 Å². The van der Waals surface area contributed by atoms with Crippen molar-refractivity contribution < 1.29 is 28.1 Å². The van der Waals surface area contributed by atoms with Crippen LogP contribution in [0.1, 0.15) is 34.8 Å². The van der Waals surface area contributed by atoms with E-state index in [0.717, 1.165) is 30.0 Å². The number of thioether (sulfide) groups is 1. The van der Waals surface area contributed by atoms with Crippen molar-refractivity contribution in [3.05, 3.63) is 111 Å². The molecule has 0 saturated heterocycles. The predicted molar refractivity (Wildman–Crippen MR) is 140 cm³/mol. The highest BCUT2D eigenvalue weighted by atomic mass is 32.2. The van der Waals surface area contributed by atoms with Crippen LogP contribution in [0, 0.1) is 27.7 Å². The number of hydrogen-bond donors (Lipinski definition) is 0. The van der Waals surface area contributed by atoms with Gasteiger partial charge in [0.05, 0.1) is 17.8 Å². The number of hydroxylamine groups is 1. The summed E-state index contributed by atoms with van der Waals surface area (Å²) in [6.45, 7) is 0.825. The summed E-state index contributed by atoms with van der Waals surface area (Å²) in [4.78, 5) is 41.3. The van der Waals surface area contributed by atoms with Gasteiger partial charge in [0.25, 0.3) is 0 Å². The smallest absolute Gasteiger partial charge is 0.335 e. The topological polar surface area (TPSA) is 105 Å². The second-order valence-corrected chi connectivity index (χ2v) is 10.2. The molecule has 0 N–H and O–H groups in total. The minimum atomic E-state index is -1.35. The zero-order valence-corrected chi connectivity index (χ0v) is 21.4. The summed E-state index contributed by atoms with van der Waals surface area (Å²) in [5.41, 5.74) is 1.10. The lowest BCUT2D eigenvalue weighted by Gasteiger charge is -2.48. The largest absolute Gasteiger partial charge is 0.363 e. The number of nitro groups is 1. The zero-order valence-electron chi connectivity index (χ0n) is 20.6. The number of carbonyl (C=O) groups is 2. The molecule has 12 heteroatoms. The summed E-state index contributed by atoms with van der Waals surface area (Å²) in [6, 6.07) is 18.1. The molecule has 39 heavy (non-hydrogen) atoms. The standard InChI is InChI=1S/C27H22F2N4O5S/c1-17(34)33-27(39-25(30-33)21-15-20(28)11-12-23(21)29)19(13-14-32(36)37)16-31(24-10-6-5-9-22(24)27)38-26(35)18-7-3-2-4-8-18/h2-12,15,19H,13-14,16H2,1H3. The average Bonchev–Trinajstić information content (AvgIpc) is 3.33. The zero-order chi connectivity index (χ0) is 27.7. The molecule has 1 amide bonds. The fourth-order valence-electron chi connectivity index (χ4n) is 4.87. The van der Waals surface area contributed by atoms with Gasteiger partial charge in [-0.15, -0.1) is 0 Å². The van der Waals surface area contributed by atoms with Gasteiger partial charge in [0, 0.05) is 35.3 Å². The van der Waals surface area contributed by atoms with Gasteiger partial charge in [-0.05, 0) is 36.4 Å². The number of nitrogens with zero attached hydrogens (tertiary/aromatic N) is 4. The molecule has 2 aliphatic rings. The molecule has 0 aliphatic carbocycles. The molecular formula is C27H22F2N4O5S. The van der Waals surface area contributed by atoms with Crippen LogP contribution < -0.4 is 5.06 Å². The highest BCUT2D eigenvalue weighted by Gasteiger charge is 2.58. The molecule has 0 radical (unpaired) electrons. The van der Waals surface area contributed by atoms with Crippen LogP contribution in [0.4, 0.5) is 14.5 Å². The summed E-state index contributed by atoms with van der Waals surface area (Å²) in [5.74, 6) is -3.24. The monoisotopic (exact) mass is 552 g/mol. The number of benzene rings is 3. The first-order valence-electron chi connectivity index (χ1n) is 12.0. The van der Waals surface area contributed by atoms with Gasteiger partial charge < -0.3 is 4.84 Å². The minimum Gasteiger partial charge on any atom is -0.335 e. The molecule has 0 bridgehead atoms. The molecular weight excluding hydrogens is 530 g/mol. The lowest BCUT2D eigenvalue weighted by atomic mass is 9.84. The third-order valence-electron chi connectivity index (χ3n) is 6.58. The molecule has 3 aromatic rings. The van der Waals surface area contributed by atoms with Crippen LogP contribution in [0.15, 0.2) is 77.9 Å². The van der Waals surface area contributed by atoms with Gasteiger partial charge in [0.2, 0.25) is 12.5 Å². The second kappa shape index (κ2) is 10.4. The van der Waals surface area contributed by atoms with Gasteiger partial charge in [-0.25, -0.2) is 23.6 Å². The van der Waals surface area contributed by atoms with E-state index < -0.39 is 45.8 Å². The Morgan fingerprint density at radius 3 is 2.56 bits per heavy atom. The summed E-state index contributed by atoms with van der Waals surface area (Å²) in [7, 11) is 0. The second-order valence-electron chi connectivity index (χ2n) is 9.02. The molecule has 2 aliphatic heterocycles. The maximum absolute atomic E-state index is 14.8. The average molecular weight is 553 g/mol. The van der Waals surface area contributed by atoms with Crippen molar-refractivity contribution in [3.8, 4) is 0 Å². The van der Waals surface area contributed by atoms with E-state index in [1.807, 2.05) is 0 Å². The van der Waals surface area contributed by atoms with Crippen LogP contribution in [-0.4, -0.2) is 39.9 Å². The Bertz CT molecular complexity index is 1490. The van der Waals surface area contributed by atoms with Crippen LogP contribution >= 0.6 is 11.8 Å². The fraction of sp³-hybridized carbons (Fsp3) is 0.222. The van der Waals surface area contributed by atoms with Crippen molar-refractivity contribution in [2.75, 3.05) is 18.2 Å². The van der Waals surface area contributed by atoms with Gasteiger partial charge in [-0.2, -0.15) is 5.10 Å². The normalized spacial score (nSPS) is 20.0. The van der Waals surface area contributed by atoms with Crippen molar-refractivity contribution in [1.29, 1.82) is 0 Å². The molecule has 3 aromatic carbocycles. The third-order valence-corrected chi connectivity index (χ3v) is 8.11. The Kier molecular flexibility index (Phi) is 7.04. The van der Waals surface area contributed by atoms with E-state index >= 15 is 0 Å². The van der Waals surface area contributed by atoms with Gasteiger partial charge in [-0.1, -0.05) is 48.2 Å². The Hall–Kier alpha value is -4.32. The first-order chi connectivity index (χ1) is 18.7. The molecule has 0 fully saturated rings. The lowest BCUT2D eigenvalue weighted by Crippen LogP contribution is -2.54. The van der Waals surface area contributed by atoms with Gasteiger partial charge in [-0.3, -0.25) is 14.9 Å². The molecule has 200 valence electrons. The number of anilines is 1.